The van der Waals surface area contributed by atoms with Crippen LogP contribution in [-0.4, -0.2) is 34.9 Å². The van der Waals surface area contributed by atoms with E-state index in [-0.39, 0.29) is 18.8 Å². The molecule has 3 rings (SSSR count). The zero-order valence-electron chi connectivity index (χ0n) is 14.3. The van der Waals surface area contributed by atoms with E-state index in [1.807, 2.05) is 0 Å². The van der Waals surface area contributed by atoms with E-state index in [4.69, 9.17) is 4.74 Å². The Morgan fingerprint density at radius 1 is 1.15 bits per heavy atom. The summed E-state index contributed by atoms with van der Waals surface area (Å²) < 4.78 is 18.3. The summed E-state index contributed by atoms with van der Waals surface area (Å²) in [5.74, 6) is -0.457. The lowest BCUT2D eigenvalue weighted by molar-refractivity contribution is -0.384. The Balaban J connectivity index is 1.68. The third kappa shape index (κ3) is 3.57. The lowest BCUT2D eigenvalue weighted by atomic mass is 9.92. The van der Waals surface area contributed by atoms with Crippen LogP contribution < -0.4 is 10.1 Å². The van der Waals surface area contributed by atoms with Crippen molar-refractivity contribution in [2.75, 3.05) is 13.2 Å². The Morgan fingerprint density at radius 2 is 1.78 bits per heavy atom. The number of hydrogen-bond donors (Lipinski definition) is 1. The minimum Gasteiger partial charge on any atom is -0.492 e. The summed E-state index contributed by atoms with van der Waals surface area (Å²) in [6.07, 6.45) is 0. The van der Waals surface area contributed by atoms with Crippen molar-refractivity contribution in [1.29, 1.82) is 0 Å². The molecule has 0 radical (unpaired) electrons. The van der Waals surface area contributed by atoms with Crippen molar-refractivity contribution < 1.29 is 23.6 Å². The smallest absolute Gasteiger partial charge is 0.325 e. The number of benzene rings is 2. The molecule has 2 aromatic rings. The van der Waals surface area contributed by atoms with Gasteiger partial charge in [-0.2, -0.15) is 0 Å². The topological polar surface area (TPSA) is 102 Å². The van der Waals surface area contributed by atoms with E-state index in [1.54, 1.807) is 0 Å². The first-order valence-electron chi connectivity index (χ1n) is 8.08. The van der Waals surface area contributed by atoms with Crippen LogP contribution in [0.3, 0.4) is 0 Å². The van der Waals surface area contributed by atoms with Crippen molar-refractivity contribution in [3.8, 4) is 5.75 Å². The molecule has 0 unspecified atom stereocenters. The van der Waals surface area contributed by atoms with Gasteiger partial charge in [-0.25, -0.2) is 9.18 Å². The number of imide groups is 1. The highest BCUT2D eigenvalue weighted by atomic mass is 19.1. The van der Waals surface area contributed by atoms with Crippen molar-refractivity contribution in [2.45, 2.75) is 12.5 Å². The van der Waals surface area contributed by atoms with Gasteiger partial charge in [0.2, 0.25) is 0 Å². The molecule has 0 bridgehead atoms. The third-order valence-electron chi connectivity index (χ3n) is 4.33. The monoisotopic (exact) mass is 373 g/mol. The molecule has 1 saturated heterocycles. The lowest BCUT2D eigenvalue weighted by Gasteiger charge is -2.22. The van der Waals surface area contributed by atoms with Crippen LogP contribution in [0, 0.1) is 15.9 Å². The Morgan fingerprint density at radius 3 is 2.37 bits per heavy atom. The predicted molar refractivity (Wildman–Crippen MR) is 92.6 cm³/mol. The maximum absolute atomic E-state index is 12.9. The molecule has 1 N–H and O–H groups in total. The third-order valence-corrected chi connectivity index (χ3v) is 4.33. The molecular weight excluding hydrogens is 357 g/mol. The van der Waals surface area contributed by atoms with E-state index >= 15 is 0 Å². The molecule has 1 aliphatic heterocycles. The average molecular weight is 373 g/mol. The maximum Gasteiger partial charge on any atom is 0.325 e. The summed E-state index contributed by atoms with van der Waals surface area (Å²) in [4.78, 5) is 36.2. The minimum absolute atomic E-state index is 0.00458. The van der Waals surface area contributed by atoms with E-state index in [0.717, 1.165) is 4.90 Å². The zero-order chi connectivity index (χ0) is 19.6. The van der Waals surface area contributed by atoms with Crippen molar-refractivity contribution >= 4 is 17.6 Å². The van der Waals surface area contributed by atoms with E-state index in [0.29, 0.717) is 11.3 Å². The van der Waals surface area contributed by atoms with Gasteiger partial charge < -0.3 is 10.1 Å². The van der Waals surface area contributed by atoms with Gasteiger partial charge in [0.05, 0.1) is 11.5 Å². The van der Waals surface area contributed by atoms with Crippen LogP contribution in [-0.2, 0) is 10.3 Å². The fourth-order valence-electron chi connectivity index (χ4n) is 2.80. The molecule has 1 atom stereocenters. The maximum atomic E-state index is 12.9. The van der Waals surface area contributed by atoms with Gasteiger partial charge in [0.15, 0.2) is 0 Å². The fourth-order valence-corrected chi connectivity index (χ4v) is 2.80. The molecule has 2 aromatic carbocycles. The molecule has 9 heteroatoms. The molecule has 0 aromatic heterocycles. The van der Waals surface area contributed by atoms with Crippen LogP contribution in [0.2, 0.25) is 0 Å². The number of ether oxygens (including phenoxy) is 1. The van der Waals surface area contributed by atoms with E-state index in [9.17, 15) is 24.1 Å². The molecule has 0 spiro atoms. The van der Waals surface area contributed by atoms with Gasteiger partial charge >= 0.3 is 6.03 Å². The Hall–Kier alpha value is -3.49. The Labute approximate surface area is 153 Å². The highest BCUT2D eigenvalue weighted by molar-refractivity contribution is 6.07. The summed E-state index contributed by atoms with van der Waals surface area (Å²) in [6.45, 7) is 1.58. The van der Waals surface area contributed by atoms with Gasteiger partial charge in [-0.1, -0.05) is 0 Å². The van der Waals surface area contributed by atoms with Crippen LogP contribution in [0.1, 0.15) is 12.5 Å². The number of nitro groups is 1. The largest absolute Gasteiger partial charge is 0.492 e. The predicted octanol–water partition coefficient (Wildman–Crippen LogP) is 2.58. The van der Waals surface area contributed by atoms with Gasteiger partial charge in [0.25, 0.3) is 11.6 Å². The van der Waals surface area contributed by atoms with E-state index in [2.05, 4.69) is 5.32 Å². The second-order valence-corrected chi connectivity index (χ2v) is 6.12. The average Bonchev–Trinajstić information content (AvgIpc) is 2.87. The van der Waals surface area contributed by atoms with Crippen molar-refractivity contribution in [1.82, 2.24) is 10.2 Å². The highest BCUT2D eigenvalue weighted by Crippen LogP contribution is 2.29. The molecule has 1 aliphatic rings. The normalized spacial score (nSPS) is 19.1. The molecule has 27 heavy (non-hydrogen) atoms. The first-order valence-corrected chi connectivity index (χ1v) is 8.08. The number of carbonyl (C=O) groups is 2. The number of halogens is 1. The van der Waals surface area contributed by atoms with Crippen LogP contribution in [0.15, 0.2) is 48.5 Å². The molecule has 0 saturated carbocycles. The second-order valence-electron chi connectivity index (χ2n) is 6.12. The number of rotatable bonds is 6. The van der Waals surface area contributed by atoms with Crippen molar-refractivity contribution in [2.24, 2.45) is 0 Å². The number of nitrogens with zero attached hydrogens (tertiary/aromatic N) is 2. The number of nitro benzene ring substituents is 1. The molecule has 0 aliphatic carbocycles. The molecular formula is C18H16FN3O5. The number of non-ortho nitro benzene ring substituents is 1. The SMILES string of the molecule is C[C@@]1(c2ccc([N+](=O)[O-])cc2)NC(=O)N(CCOc2ccc(F)cc2)C1=O. The number of nitrogens with one attached hydrogen (secondary N) is 1. The molecule has 8 nitrogen and oxygen atoms in total. The first-order chi connectivity index (χ1) is 12.8. The van der Waals surface area contributed by atoms with Gasteiger partial charge in [-0.05, 0) is 48.9 Å². The molecule has 140 valence electrons. The summed E-state index contributed by atoms with van der Waals surface area (Å²) in [5.41, 5.74) is -0.987. The summed E-state index contributed by atoms with van der Waals surface area (Å²) in [5, 5.41) is 13.4. The number of carbonyl (C=O) groups excluding carboxylic acids is 2. The number of amides is 3. The van der Waals surface area contributed by atoms with Gasteiger partial charge in [0.1, 0.15) is 23.7 Å². The summed E-state index contributed by atoms with van der Waals surface area (Å²) in [7, 11) is 0. The van der Waals surface area contributed by atoms with Crippen LogP contribution >= 0.6 is 0 Å². The first kappa shape index (κ1) is 18.3. The van der Waals surface area contributed by atoms with E-state index < -0.39 is 28.2 Å². The Bertz CT molecular complexity index is 885. The molecule has 3 amide bonds. The minimum atomic E-state index is -1.32. The molecule has 1 fully saturated rings. The standard InChI is InChI=1S/C18H16FN3O5/c1-18(12-2-6-14(7-3-12)22(25)26)16(23)21(17(24)20-18)10-11-27-15-8-4-13(19)5-9-15/h2-9H,10-11H2,1H3,(H,20,24)/t18-/m0/s1. The quantitative estimate of drug-likeness (QED) is 0.476. The van der Waals surface area contributed by atoms with Crippen molar-refractivity contribution in [3.05, 3.63) is 70.0 Å². The van der Waals surface area contributed by atoms with E-state index in [1.165, 1.54) is 55.5 Å². The zero-order valence-corrected chi connectivity index (χ0v) is 14.3. The Kier molecular flexibility index (Phi) is 4.76. The summed E-state index contributed by atoms with van der Waals surface area (Å²) >= 11 is 0. The van der Waals surface area contributed by atoms with Crippen LogP contribution in [0.5, 0.6) is 5.75 Å². The van der Waals surface area contributed by atoms with Crippen LogP contribution in [0.4, 0.5) is 14.9 Å². The highest BCUT2D eigenvalue weighted by Gasteiger charge is 2.48. The number of hydrogen-bond acceptors (Lipinski definition) is 5. The molecule has 1 heterocycles. The van der Waals surface area contributed by atoms with Gasteiger partial charge in [-0.3, -0.25) is 19.8 Å². The van der Waals surface area contributed by atoms with Gasteiger partial charge in [-0.15, -0.1) is 0 Å². The summed E-state index contributed by atoms with van der Waals surface area (Å²) in [6, 6.07) is 10.2. The number of urea groups is 1. The second kappa shape index (κ2) is 7.02. The fraction of sp³-hybridized carbons (Fsp3) is 0.222. The lowest BCUT2D eigenvalue weighted by Crippen LogP contribution is -2.41. The van der Waals surface area contributed by atoms with Crippen LogP contribution in [0.25, 0.3) is 0 Å². The van der Waals surface area contributed by atoms with Gasteiger partial charge in [0, 0.05) is 12.1 Å². The van der Waals surface area contributed by atoms with Crippen molar-refractivity contribution in [3.63, 3.8) is 0 Å².